The Bertz CT molecular complexity index is 1270. The Balaban J connectivity index is 1.72. The van der Waals surface area contributed by atoms with Gasteiger partial charge in [-0.15, -0.1) is 13.2 Å². The van der Waals surface area contributed by atoms with Crippen molar-refractivity contribution < 1.29 is 33.8 Å². The van der Waals surface area contributed by atoms with Gasteiger partial charge in [-0.05, 0) is 46.1 Å². The summed E-state index contributed by atoms with van der Waals surface area (Å²) in [6.07, 6.45) is 3.06. The number of amides is 3. The van der Waals surface area contributed by atoms with Gasteiger partial charge < -0.3 is 29.7 Å². The molecule has 4 rings (SSSR count). The van der Waals surface area contributed by atoms with Crippen LogP contribution < -0.4 is 5.32 Å². The van der Waals surface area contributed by atoms with Crippen molar-refractivity contribution in [1.82, 2.24) is 15.1 Å². The van der Waals surface area contributed by atoms with Crippen LogP contribution >= 0.6 is 15.9 Å². The number of carbonyl (C=O) groups is 4. The number of aliphatic hydroxyl groups excluding tert-OH is 1. The fourth-order valence-electron chi connectivity index (χ4n) is 6.85. The molecular formula is C33H44BrN3O7. The number of aliphatic hydroxyl groups is 1. The van der Waals surface area contributed by atoms with E-state index in [1.165, 1.54) is 4.90 Å². The van der Waals surface area contributed by atoms with Crippen molar-refractivity contribution in [2.45, 2.75) is 87.2 Å². The molecular weight excluding hydrogens is 630 g/mol. The normalized spacial score (nSPS) is 28.6. The lowest BCUT2D eigenvalue weighted by Gasteiger charge is -2.43. The summed E-state index contributed by atoms with van der Waals surface area (Å²) in [7, 11) is 0. The number of fused-ring (bicyclic) bond motifs is 1. The summed E-state index contributed by atoms with van der Waals surface area (Å²) >= 11 is 3.68. The first-order chi connectivity index (χ1) is 20.8. The molecule has 0 radical (unpaired) electrons. The zero-order valence-electron chi connectivity index (χ0n) is 25.9. The Hall–Kier alpha value is -3.02. The molecule has 0 aliphatic carbocycles. The van der Waals surface area contributed by atoms with Crippen LogP contribution in [0.1, 0.15) is 58.6 Å². The van der Waals surface area contributed by atoms with Gasteiger partial charge in [0.05, 0.1) is 37.1 Å². The average molecular weight is 675 g/mol. The smallest absolute Gasteiger partial charge is 0.312 e. The van der Waals surface area contributed by atoms with Crippen molar-refractivity contribution in [3.05, 3.63) is 61.2 Å². The zero-order valence-corrected chi connectivity index (χ0v) is 27.5. The van der Waals surface area contributed by atoms with Gasteiger partial charge in [0.15, 0.2) is 0 Å². The van der Waals surface area contributed by atoms with Crippen LogP contribution in [0.2, 0.25) is 0 Å². The van der Waals surface area contributed by atoms with Gasteiger partial charge in [-0.2, -0.15) is 0 Å². The average Bonchev–Trinajstić information content (AvgIpc) is 3.57. The quantitative estimate of drug-likeness (QED) is 0.187. The van der Waals surface area contributed by atoms with Crippen LogP contribution in [-0.4, -0.2) is 92.5 Å². The van der Waals surface area contributed by atoms with E-state index in [2.05, 4.69) is 34.4 Å². The number of carbonyl (C=O) groups excluding carboxylic acids is 4. The van der Waals surface area contributed by atoms with Crippen LogP contribution in [0.3, 0.4) is 0 Å². The molecule has 2 N–H and O–H groups in total. The largest absolute Gasteiger partial charge is 0.460 e. The minimum atomic E-state index is -1.33. The van der Waals surface area contributed by atoms with Crippen molar-refractivity contribution in [3.8, 4) is 0 Å². The molecule has 0 aromatic heterocycles. The number of ether oxygens (including phenoxy) is 2. The highest BCUT2D eigenvalue weighted by Crippen LogP contribution is 2.61. The van der Waals surface area contributed by atoms with Crippen LogP contribution in [0.15, 0.2) is 55.6 Å². The van der Waals surface area contributed by atoms with E-state index in [0.29, 0.717) is 18.4 Å². The van der Waals surface area contributed by atoms with E-state index in [1.54, 1.807) is 36.1 Å². The van der Waals surface area contributed by atoms with Gasteiger partial charge in [0.25, 0.3) is 0 Å². The molecule has 2 bridgehead atoms. The number of nitrogens with one attached hydrogen (secondary N) is 1. The molecule has 10 nitrogen and oxygen atoms in total. The minimum absolute atomic E-state index is 0.109. The summed E-state index contributed by atoms with van der Waals surface area (Å²) in [5, 5.41) is 13.4. The van der Waals surface area contributed by atoms with Crippen molar-refractivity contribution in [1.29, 1.82) is 0 Å². The summed E-state index contributed by atoms with van der Waals surface area (Å²) in [5.41, 5.74) is -1.29. The van der Waals surface area contributed by atoms with E-state index >= 15 is 0 Å². The summed E-state index contributed by atoms with van der Waals surface area (Å²) < 4.78 is 12.4. The molecule has 3 fully saturated rings. The van der Waals surface area contributed by atoms with Crippen LogP contribution in [0.25, 0.3) is 0 Å². The molecule has 11 heteroatoms. The van der Waals surface area contributed by atoms with Crippen LogP contribution in [0.5, 0.6) is 0 Å². The Labute approximate surface area is 267 Å². The molecule has 1 aromatic carbocycles. The second kappa shape index (κ2) is 13.5. The molecule has 3 aliphatic heterocycles. The third-order valence-electron chi connectivity index (χ3n) is 8.79. The number of nitrogens with zero attached hydrogens (tertiary/aromatic N) is 2. The first-order valence-corrected chi connectivity index (χ1v) is 16.0. The number of allylic oxidation sites excluding steroid dienone is 1. The maximum Gasteiger partial charge on any atom is 0.312 e. The minimum Gasteiger partial charge on any atom is -0.460 e. The van der Waals surface area contributed by atoms with E-state index in [0.717, 1.165) is 0 Å². The third kappa shape index (κ3) is 6.23. The Morgan fingerprint density at radius 1 is 1.25 bits per heavy atom. The molecule has 1 unspecified atom stereocenters. The lowest BCUT2D eigenvalue weighted by molar-refractivity contribution is -0.160. The Kier molecular flexibility index (Phi) is 10.4. The maximum atomic E-state index is 14.6. The second-order valence-corrected chi connectivity index (χ2v) is 14.0. The number of alkyl halides is 1. The predicted molar refractivity (Wildman–Crippen MR) is 168 cm³/mol. The molecule has 240 valence electrons. The van der Waals surface area contributed by atoms with Gasteiger partial charge in [0.1, 0.15) is 17.7 Å². The van der Waals surface area contributed by atoms with Gasteiger partial charge in [-0.25, -0.2) is 0 Å². The van der Waals surface area contributed by atoms with Gasteiger partial charge >= 0.3 is 5.97 Å². The van der Waals surface area contributed by atoms with Crippen molar-refractivity contribution in [2.75, 3.05) is 19.7 Å². The highest BCUT2D eigenvalue weighted by atomic mass is 79.9. The van der Waals surface area contributed by atoms with Crippen LogP contribution in [0.4, 0.5) is 0 Å². The number of likely N-dealkylation sites (tertiary alicyclic amines) is 1. The van der Waals surface area contributed by atoms with Gasteiger partial charge in [-0.1, -0.05) is 58.4 Å². The number of hydrogen-bond acceptors (Lipinski definition) is 7. The van der Waals surface area contributed by atoms with Gasteiger partial charge in [0.2, 0.25) is 17.7 Å². The van der Waals surface area contributed by atoms with Gasteiger partial charge in [0, 0.05) is 23.3 Å². The third-order valence-corrected chi connectivity index (χ3v) is 9.64. The first kappa shape index (κ1) is 33.9. The fraction of sp³-hybridized carbons (Fsp3) is 0.576. The lowest BCUT2D eigenvalue weighted by atomic mass is 9.70. The Morgan fingerprint density at radius 3 is 2.52 bits per heavy atom. The molecule has 3 amide bonds. The van der Waals surface area contributed by atoms with E-state index < -0.39 is 65.8 Å². The molecule has 3 saturated heterocycles. The van der Waals surface area contributed by atoms with E-state index in [-0.39, 0.29) is 36.2 Å². The van der Waals surface area contributed by atoms with Crippen molar-refractivity contribution >= 4 is 39.6 Å². The van der Waals surface area contributed by atoms with Gasteiger partial charge in [-0.3, -0.25) is 19.2 Å². The highest BCUT2D eigenvalue weighted by Gasteiger charge is 2.77. The predicted octanol–water partition coefficient (Wildman–Crippen LogP) is 3.30. The summed E-state index contributed by atoms with van der Waals surface area (Å²) in [4.78, 5) is 57.9. The number of benzene rings is 1. The van der Waals surface area contributed by atoms with Crippen molar-refractivity contribution in [2.24, 2.45) is 11.8 Å². The summed E-state index contributed by atoms with van der Waals surface area (Å²) in [6.45, 7) is 14.8. The maximum absolute atomic E-state index is 14.6. The molecule has 3 heterocycles. The topological polar surface area (TPSA) is 125 Å². The number of halogens is 1. The molecule has 0 saturated carbocycles. The van der Waals surface area contributed by atoms with Crippen LogP contribution in [0, 0.1) is 11.8 Å². The standard InChI is InChI=1S/C33H44BrN3O7/c1-7-9-15-24(39)35-18-20(3)43-31(42)25-26-29(40)37(23(19-38)21-13-11-10-12-14-21)28(33(26)17-22(34)27(25)44-33)30(41)36(16-8-2)32(4,5)6/h7-8,10-14,20,22-23,25-28,38H,1-2,9,15-19H2,3-6H3,(H,35,39)/t20-,22?,23-,25-,26+,27-,28-,33+/m1/s1. The van der Waals surface area contributed by atoms with E-state index in [1.807, 2.05) is 39.0 Å². The molecule has 3 aliphatic rings. The zero-order chi connectivity index (χ0) is 32.4. The van der Waals surface area contributed by atoms with E-state index in [4.69, 9.17) is 9.47 Å². The fourth-order valence-corrected chi connectivity index (χ4v) is 7.79. The summed E-state index contributed by atoms with van der Waals surface area (Å²) in [5.74, 6) is -3.57. The second-order valence-electron chi connectivity index (χ2n) is 12.8. The molecule has 1 spiro atoms. The van der Waals surface area contributed by atoms with Crippen LogP contribution in [-0.2, 0) is 28.7 Å². The number of rotatable bonds is 13. The highest BCUT2D eigenvalue weighted by molar-refractivity contribution is 9.09. The van der Waals surface area contributed by atoms with Crippen molar-refractivity contribution in [3.63, 3.8) is 0 Å². The van der Waals surface area contributed by atoms with E-state index in [9.17, 15) is 24.3 Å². The first-order valence-electron chi connectivity index (χ1n) is 15.1. The Morgan fingerprint density at radius 2 is 1.93 bits per heavy atom. The lowest BCUT2D eigenvalue weighted by Crippen LogP contribution is -2.60. The molecule has 44 heavy (non-hydrogen) atoms. The number of esters is 1. The summed E-state index contributed by atoms with van der Waals surface area (Å²) in [6, 6.07) is 7.09. The molecule has 8 atom stereocenters. The monoisotopic (exact) mass is 673 g/mol. The SMILES string of the molecule is C=CCCC(=O)NC[C@@H](C)OC(=O)[C@H]1[C@@H]2O[C@@]3(CC2Br)[C@@H]1C(=O)N([C@H](CO)c1ccccc1)[C@@H]3C(=O)N(CC=C)C(C)(C)C. The molecule has 1 aromatic rings. The number of hydrogen-bond donors (Lipinski definition) is 2.